The molecule has 0 atom stereocenters. The molecule has 5 heteroatoms. The maximum absolute atomic E-state index is 11.9. The Morgan fingerprint density at radius 3 is 2.85 bits per heavy atom. The minimum absolute atomic E-state index is 0.169. The Labute approximate surface area is 116 Å². The summed E-state index contributed by atoms with van der Waals surface area (Å²) < 4.78 is 5.22. The van der Waals surface area contributed by atoms with Gasteiger partial charge in [-0.1, -0.05) is 25.1 Å². The summed E-state index contributed by atoms with van der Waals surface area (Å²) in [6.45, 7) is 3.57. The van der Waals surface area contributed by atoms with E-state index in [1.54, 1.807) is 25.1 Å². The van der Waals surface area contributed by atoms with Crippen LogP contribution in [-0.2, 0) is 4.79 Å². The molecule has 1 aromatic heterocycles. The highest BCUT2D eigenvalue weighted by atomic mass is 16.4. The number of carbonyl (C=O) groups is 1. The first-order valence-corrected chi connectivity index (χ1v) is 6.48. The van der Waals surface area contributed by atoms with Gasteiger partial charge in [-0.3, -0.25) is 4.79 Å². The van der Waals surface area contributed by atoms with Gasteiger partial charge in [0.2, 0.25) is 5.91 Å². The molecule has 1 amide bonds. The Morgan fingerprint density at radius 1 is 1.35 bits per heavy atom. The van der Waals surface area contributed by atoms with Gasteiger partial charge < -0.3 is 4.42 Å². The van der Waals surface area contributed by atoms with Crippen molar-refractivity contribution >= 4 is 22.6 Å². The third-order valence-electron chi connectivity index (χ3n) is 2.86. The van der Waals surface area contributed by atoms with Crippen LogP contribution in [0.4, 0.5) is 0 Å². The van der Waals surface area contributed by atoms with Crippen LogP contribution >= 0.6 is 0 Å². The fraction of sp³-hybridized carbons (Fsp3) is 0.267. The summed E-state index contributed by atoms with van der Waals surface area (Å²) in [7, 11) is 0. The number of nitrogens with one attached hydrogen (secondary N) is 1. The fourth-order valence-electron chi connectivity index (χ4n) is 1.80. The molecular formula is C15H16N2O3. The molecule has 2 rings (SSSR count). The summed E-state index contributed by atoms with van der Waals surface area (Å²) in [5, 5.41) is 4.75. The monoisotopic (exact) mass is 272 g/mol. The first-order chi connectivity index (χ1) is 9.61. The lowest BCUT2D eigenvalue weighted by atomic mass is 10.1. The summed E-state index contributed by atoms with van der Waals surface area (Å²) >= 11 is 0. The SMILES string of the molecule is CCCC(=O)NN=C(C)c1cc2ccccc2oc1=O. The van der Waals surface area contributed by atoms with Crippen LogP contribution in [0.3, 0.4) is 0 Å². The van der Waals surface area contributed by atoms with Crippen molar-refractivity contribution in [2.45, 2.75) is 26.7 Å². The Kier molecular flexibility index (Phi) is 4.30. The first kappa shape index (κ1) is 14.0. The summed E-state index contributed by atoms with van der Waals surface area (Å²) in [5.41, 5.74) is 3.27. The molecule has 0 aliphatic heterocycles. The Bertz CT molecular complexity index is 716. The van der Waals surface area contributed by atoms with E-state index in [1.165, 1.54) is 0 Å². The number of hydrogen-bond acceptors (Lipinski definition) is 4. The number of para-hydroxylation sites is 1. The van der Waals surface area contributed by atoms with Crippen LogP contribution in [0.5, 0.6) is 0 Å². The van der Waals surface area contributed by atoms with Crippen molar-refractivity contribution in [1.82, 2.24) is 5.43 Å². The van der Waals surface area contributed by atoms with Gasteiger partial charge in [0.15, 0.2) is 0 Å². The summed E-state index contributed by atoms with van der Waals surface area (Å²) in [5.74, 6) is -0.169. The lowest BCUT2D eigenvalue weighted by Crippen LogP contribution is -2.20. The molecule has 0 radical (unpaired) electrons. The van der Waals surface area contributed by atoms with Gasteiger partial charge in [-0.2, -0.15) is 5.10 Å². The Balaban J connectivity index is 2.32. The molecule has 0 fully saturated rings. The lowest BCUT2D eigenvalue weighted by molar-refractivity contribution is -0.121. The number of rotatable bonds is 4. The second kappa shape index (κ2) is 6.14. The largest absolute Gasteiger partial charge is 0.422 e. The predicted octanol–water partition coefficient (Wildman–Crippen LogP) is 2.43. The molecule has 1 aromatic carbocycles. The molecule has 0 saturated carbocycles. The molecule has 20 heavy (non-hydrogen) atoms. The molecule has 1 N–H and O–H groups in total. The standard InChI is InChI=1S/C15H16N2O3/c1-3-6-14(18)17-16-10(2)12-9-11-7-4-5-8-13(11)20-15(12)19/h4-5,7-9H,3,6H2,1-2H3,(H,17,18). The molecule has 0 unspecified atom stereocenters. The lowest BCUT2D eigenvalue weighted by Gasteiger charge is -2.02. The van der Waals surface area contributed by atoms with Gasteiger partial charge in [0.25, 0.3) is 0 Å². The maximum Gasteiger partial charge on any atom is 0.345 e. The molecule has 5 nitrogen and oxygen atoms in total. The average Bonchev–Trinajstić information content (AvgIpc) is 2.44. The summed E-state index contributed by atoms with van der Waals surface area (Å²) in [4.78, 5) is 23.2. The number of hydrazone groups is 1. The van der Waals surface area contributed by atoms with Crippen molar-refractivity contribution < 1.29 is 9.21 Å². The fourth-order valence-corrected chi connectivity index (χ4v) is 1.80. The smallest absolute Gasteiger partial charge is 0.345 e. The van der Waals surface area contributed by atoms with E-state index in [-0.39, 0.29) is 5.91 Å². The maximum atomic E-state index is 11.9. The second-order valence-corrected chi connectivity index (χ2v) is 4.47. The Morgan fingerprint density at radius 2 is 2.10 bits per heavy atom. The normalized spacial score (nSPS) is 11.6. The van der Waals surface area contributed by atoms with E-state index in [0.717, 1.165) is 11.8 Å². The predicted molar refractivity (Wildman–Crippen MR) is 77.7 cm³/mol. The average molecular weight is 272 g/mol. The summed E-state index contributed by atoms with van der Waals surface area (Å²) in [6, 6.07) is 8.96. The van der Waals surface area contributed by atoms with Gasteiger partial charge in [-0.15, -0.1) is 0 Å². The van der Waals surface area contributed by atoms with Gasteiger partial charge in [0, 0.05) is 11.8 Å². The van der Waals surface area contributed by atoms with Gasteiger partial charge in [0.1, 0.15) is 5.58 Å². The van der Waals surface area contributed by atoms with E-state index in [9.17, 15) is 9.59 Å². The number of nitrogens with zero attached hydrogens (tertiary/aromatic N) is 1. The first-order valence-electron chi connectivity index (χ1n) is 6.48. The zero-order valence-electron chi connectivity index (χ0n) is 11.5. The van der Waals surface area contributed by atoms with Crippen molar-refractivity contribution in [2.24, 2.45) is 5.10 Å². The highest BCUT2D eigenvalue weighted by Gasteiger charge is 2.08. The van der Waals surface area contributed by atoms with Gasteiger partial charge in [0.05, 0.1) is 11.3 Å². The number of amides is 1. The second-order valence-electron chi connectivity index (χ2n) is 4.47. The number of hydrogen-bond donors (Lipinski definition) is 1. The van der Waals surface area contributed by atoms with Gasteiger partial charge in [-0.25, -0.2) is 10.2 Å². The molecule has 1 heterocycles. The highest BCUT2D eigenvalue weighted by molar-refractivity contribution is 6.00. The number of carbonyl (C=O) groups excluding carboxylic acids is 1. The van der Waals surface area contributed by atoms with Crippen LogP contribution in [0.25, 0.3) is 11.0 Å². The molecule has 0 saturated heterocycles. The molecule has 0 aliphatic rings. The molecule has 0 bridgehead atoms. The van der Waals surface area contributed by atoms with Crippen molar-refractivity contribution in [3.8, 4) is 0 Å². The van der Waals surface area contributed by atoms with Crippen molar-refractivity contribution in [1.29, 1.82) is 0 Å². The van der Waals surface area contributed by atoms with E-state index in [0.29, 0.717) is 23.3 Å². The van der Waals surface area contributed by atoms with Crippen LogP contribution in [-0.4, -0.2) is 11.6 Å². The van der Waals surface area contributed by atoms with Gasteiger partial charge >= 0.3 is 5.63 Å². The van der Waals surface area contributed by atoms with Crippen molar-refractivity contribution in [2.75, 3.05) is 0 Å². The zero-order valence-corrected chi connectivity index (χ0v) is 11.5. The molecule has 104 valence electrons. The van der Waals surface area contributed by atoms with Crippen molar-refractivity contribution in [3.05, 3.63) is 46.3 Å². The van der Waals surface area contributed by atoms with Gasteiger partial charge in [-0.05, 0) is 25.5 Å². The van der Waals surface area contributed by atoms with Crippen molar-refractivity contribution in [3.63, 3.8) is 0 Å². The quantitative estimate of drug-likeness (QED) is 0.528. The van der Waals surface area contributed by atoms with Crippen LogP contribution in [0.2, 0.25) is 0 Å². The topological polar surface area (TPSA) is 71.7 Å². The number of fused-ring (bicyclic) bond motifs is 1. The van der Waals surface area contributed by atoms with Crippen LogP contribution in [0, 0.1) is 0 Å². The molecular weight excluding hydrogens is 256 g/mol. The van der Waals surface area contributed by atoms with E-state index in [4.69, 9.17) is 4.42 Å². The summed E-state index contributed by atoms with van der Waals surface area (Å²) in [6.07, 6.45) is 1.15. The minimum Gasteiger partial charge on any atom is -0.422 e. The zero-order chi connectivity index (χ0) is 14.5. The van der Waals surface area contributed by atoms with Crippen LogP contribution in [0.1, 0.15) is 32.3 Å². The van der Waals surface area contributed by atoms with E-state index in [2.05, 4.69) is 10.5 Å². The van der Waals surface area contributed by atoms with Crippen LogP contribution in [0.15, 0.2) is 44.6 Å². The Hall–Kier alpha value is -2.43. The minimum atomic E-state index is -0.463. The third kappa shape index (κ3) is 3.12. The van der Waals surface area contributed by atoms with Crippen LogP contribution < -0.4 is 11.1 Å². The highest BCUT2D eigenvalue weighted by Crippen LogP contribution is 2.12. The molecule has 0 aliphatic carbocycles. The van der Waals surface area contributed by atoms with E-state index >= 15 is 0 Å². The third-order valence-corrected chi connectivity index (χ3v) is 2.86. The van der Waals surface area contributed by atoms with E-state index in [1.807, 2.05) is 19.1 Å². The number of benzene rings is 1. The molecule has 0 spiro atoms. The molecule has 2 aromatic rings. The van der Waals surface area contributed by atoms with E-state index < -0.39 is 5.63 Å².